The lowest BCUT2D eigenvalue weighted by molar-refractivity contribution is -0.274. The molecule has 1 aliphatic rings. The Morgan fingerprint density at radius 2 is 1.59 bits per heavy atom. The van der Waals surface area contributed by atoms with Crippen LogP contribution in [0.15, 0.2) is 48.2 Å². The summed E-state index contributed by atoms with van der Waals surface area (Å²) < 4.78 is 40.4. The molecule has 0 bridgehead atoms. The number of imide groups is 1. The maximum Gasteiger partial charge on any atom is 0.573 e. The first-order valence-electron chi connectivity index (χ1n) is 7.22. The van der Waals surface area contributed by atoms with Crippen LogP contribution in [0.5, 0.6) is 5.75 Å². The SMILES string of the molecule is O=C1C(O)=C(c2ccc(Cl)cc2Cl)C(=O)N1c1ccc(OC(F)(F)F)cc1. The molecular formula is C17H8Cl2F3NO4. The van der Waals surface area contributed by atoms with Crippen molar-refractivity contribution in [3.05, 3.63) is 63.8 Å². The van der Waals surface area contributed by atoms with Gasteiger partial charge >= 0.3 is 12.3 Å². The van der Waals surface area contributed by atoms with E-state index in [4.69, 9.17) is 23.2 Å². The lowest BCUT2D eigenvalue weighted by Gasteiger charge is -2.16. The van der Waals surface area contributed by atoms with Gasteiger partial charge in [0, 0.05) is 10.6 Å². The Hall–Kier alpha value is -2.71. The first-order chi connectivity index (χ1) is 12.6. The fraction of sp³-hybridized carbons (Fsp3) is 0.0588. The summed E-state index contributed by atoms with van der Waals surface area (Å²) in [6.45, 7) is 0. The highest BCUT2D eigenvalue weighted by molar-refractivity contribution is 6.47. The summed E-state index contributed by atoms with van der Waals surface area (Å²) in [4.78, 5) is 25.6. The number of carbonyl (C=O) groups excluding carboxylic acids is 2. The zero-order chi connectivity index (χ0) is 19.9. The molecular weight excluding hydrogens is 410 g/mol. The van der Waals surface area contributed by atoms with Crippen molar-refractivity contribution in [2.75, 3.05) is 4.90 Å². The van der Waals surface area contributed by atoms with Crippen molar-refractivity contribution >= 4 is 46.3 Å². The van der Waals surface area contributed by atoms with E-state index in [2.05, 4.69) is 4.74 Å². The van der Waals surface area contributed by atoms with E-state index in [9.17, 15) is 27.9 Å². The summed E-state index contributed by atoms with van der Waals surface area (Å²) in [5.41, 5.74) is -0.292. The molecule has 0 spiro atoms. The average Bonchev–Trinajstić information content (AvgIpc) is 2.78. The van der Waals surface area contributed by atoms with E-state index in [1.807, 2.05) is 0 Å². The largest absolute Gasteiger partial charge is 0.573 e. The molecule has 1 aliphatic heterocycles. The lowest BCUT2D eigenvalue weighted by Crippen LogP contribution is -2.31. The van der Waals surface area contributed by atoms with E-state index < -0.39 is 29.7 Å². The summed E-state index contributed by atoms with van der Waals surface area (Å²) in [6, 6.07) is 8.16. The molecule has 1 heterocycles. The molecule has 0 atom stereocenters. The van der Waals surface area contributed by atoms with Gasteiger partial charge in [0.15, 0.2) is 5.76 Å². The standard InChI is InChI=1S/C17H8Cl2F3NO4/c18-8-1-6-11(12(19)7-8)13-14(24)16(26)23(15(13)25)9-2-4-10(5-3-9)27-17(20,21)22/h1-7,24H. The van der Waals surface area contributed by atoms with E-state index in [0.29, 0.717) is 4.90 Å². The van der Waals surface area contributed by atoms with Crippen LogP contribution in [-0.4, -0.2) is 23.3 Å². The van der Waals surface area contributed by atoms with Gasteiger partial charge in [0.25, 0.3) is 5.91 Å². The summed E-state index contributed by atoms with van der Waals surface area (Å²) in [5, 5.41) is 10.4. The minimum absolute atomic E-state index is 0.0426. The van der Waals surface area contributed by atoms with Gasteiger partial charge < -0.3 is 9.84 Å². The summed E-state index contributed by atoms with van der Waals surface area (Å²) in [7, 11) is 0. The molecule has 0 unspecified atom stereocenters. The number of hydrogen-bond acceptors (Lipinski definition) is 4. The molecule has 0 aromatic heterocycles. The van der Waals surface area contributed by atoms with Gasteiger partial charge in [-0.3, -0.25) is 9.59 Å². The molecule has 0 aliphatic carbocycles. The van der Waals surface area contributed by atoms with Crippen molar-refractivity contribution in [3.63, 3.8) is 0 Å². The van der Waals surface area contributed by atoms with Crippen LogP contribution in [0, 0.1) is 0 Å². The predicted molar refractivity (Wildman–Crippen MR) is 91.6 cm³/mol. The van der Waals surface area contributed by atoms with Crippen LogP contribution in [0.1, 0.15) is 5.56 Å². The Morgan fingerprint density at radius 3 is 2.15 bits per heavy atom. The third kappa shape index (κ3) is 3.72. The number of hydrogen-bond donors (Lipinski definition) is 1. The average molecular weight is 418 g/mol. The number of nitrogens with zero attached hydrogens (tertiary/aromatic N) is 1. The van der Waals surface area contributed by atoms with Crippen molar-refractivity contribution in [2.45, 2.75) is 6.36 Å². The quantitative estimate of drug-likeness (QED) is 0.732. The molecule has 2 aromatic carbocycles. The summed E-state index contributed by atoms with van der Waals surface area (Å²) in [5.74, 6) is -3.28. The van der Waals surface area contributed by atoms with Gasteiger partial charge in [-0.15, -0.1) is 13.2 Å². The number of alkyl halides is 3. The Bertz CT molecular complexity index is 971. The molecule has 3 rings (SSSR count). The Kier molecular flexibility index (Phi) is 4.79. The monoisotopic (exact) mass is 417 g/mol. The molecule has 5 nitrogen and oxygen atoms in total. The van der Waals surface area contributed by atoms with Gasteiger partial charge in [-0.25, -0.2) is 4.90 Å². The number of amides is 2. The number of anilines is 1. The Morgan fingerprint density at radius 1 is 0.963 bits per heavy atom. The fourth-order valence-electron chi connectivity index (χ4n) is 2.48. The zero-order valence-corrected chi connectivity index (χ0v) is 14.6. The van der Waals surface area contributed by atoms with Crippen molar-refractivity contribution < 1.29 is 32.6 Å². The third-order valence-corrected chi connectivity index (χ3v) is 4.14. The van der Waals surface area contributed by atoms with E-state index in [-0.39, 0.29) is 26.9 Å². The number of benzene rings is 2. The summed E-state index contributed by atoms with van der Waals surface area (Å²) >= 11 is 11.8. The molecule has 0 saturated carbocycles. The van der Waals surface area contributed by atoms with Gasteiger partial charge in [0.1, 0.15) is 5.75 Å². The van der Waals surface area contributed by atoms with E-state index in [1.165, 1.54) is 18.2 Å². The minimum Gasteiger partial charge on any atom is -0.502 e. The van der Waals surface area contributed by atoms with Crippen molar-refractivity contribution in [1.82, 2.24) is 0 Å². The number of carbonyl (C=O) groups is 2. The third-order valence-electron chi connectivity index (χ3n) is 3.59. The van der Waals surface area contributed by atoms with Crippen LogP contribution in [0.2, 0.25) is 10.0 Å². The first kappa shape index (κ1) is 19.1. The zero-order valence-electron chi connectivity index (χ0n) is 13.1. The maximum absolute atomic E-state index is 12.7. The lowest BCUT2D eigenvalue weighted by atomic mass is 10.1. The number of halogens is 5. The number of rotatable bonds is 3. The van der Waals surface area contributed by atoms with E-state index in [1.54, 1.807) is 0 Å². The first-order valence-corrected chi connectivity index (χ1v) is 7.97. The topological polar surface area (TPSA) is 66.8 Å². The highest BCUT2D eigenvalue weighted by atomic mass is 35.5. The van der Waals surface area contributed by atoms with Crippen LogP contribution in [0.4, 0.5) is 18.9 Å². The molecule has 2 amide bonds. The molecule has 10 heteroatoms. The van der Waals surface area contributed by atoms with Gasteiger partial charge in [0.05, 0.1) is 16.3 Å². The molecule has 0 saturated heterocycles. The molecule has 0 fully saturated rings. The maximum atomic E-state index is 12.7. The second-order valence-electron chi connectivity index (χ2n) is 5.34. The minimum atomic E-state index is -4.88. The Labute approximate surface area is 160 Å². The predicted octanol–water partition coefficient (Wildman–Crippen LogP) is 4.73. The summed E-state index contributed by atoms with van der Waals surface area (Å²) in [6.07, 6.45) is -4.88. The van der Waals surface area contributed by atoms with Crippen molar-refractivity contribution in [1.29, 1.82) is 0 Å². The van der Waals surface area contributed by atoms with Crippen LogP contribution < -0.4 is 9.64 Å². The second kappa shape index (κ2) is 6.79. The molecule has 2 aromatic rings. The molecule has 27 heavy (non-hydrogen) atoms. The normalized spacial score (nSPS) is 14.9. The number of ether oxygens (including phenoxy) is 1. The smallest absolute Gasteiger partial charge is 0.502 e. The Balaban J connectivity index is 1.94. The number of aliphatic hydroxyl groups is 1. The van der Waals surface area contributed by atoms with Gasteiger partial charge in [-0.1, -0.05) is 29.3 Å². The van der Waals surface area contributed by atoms with Crippen molar-refractivity contribution in [2.24, 2.45) is 0 Å². The van der Waals surface area contributed by atoms with Gasteiger partial charge in [0.2, 0.25) is 0 Å². The highest BCUT2D eigenvalue weighted by Gasteiger charge is 2.41. The molecule has 140 valence electrons. The van der Waals surface area contributed by atoms with Crippen LogP contribution in [0.3, 0.4) is 0 Å². The molecule has 1 N–H and O–H groups in total. The van der Waals surface area contributed by atoms with E-state index in [0.717, 1.165) is 24.3 Å². The van der Waals surface area contributed by atoms with Gasteiger partial charge in [-0.05, 0) is 36.4 Å². The highest BCUT2D eigenvalue weighted by Crippen LogP contribution is 2.36. The molecule has 0 radical (unpaired) electrons. The number of aliphatic hydroxyl groups excluding tert-OH is 1. The van der Waals surface area contributed by atoms with E-state index >= 15 is 0 Å². The fourth-order valence-corrected chi connectivity index (χ4v) is 2.99. The second-order valence-corrected chi connectivity index (χ2v) is 6.18. The van der Waals surface area contributed by atoms with Crippen molar-refractivity contribution in [3.8, 4) is 5.75 Å². The van der Waals surface area contributed by atoms with Gasteiger partial charge in [-0.2, -0.15) is 0 Å². The van der Waals surface area contributed by atoms with Crippen LogP contribution in [0.25, 0.3) is 5.57 Å². The van der Waals surface area contributed by atoms with Crippen LogP contribution >= 0.6 is 23.2 Å². The van der Waals surface area contributed by atoms with Crippen LogP contribution in [-0.2, 0) is 9.59 Å².